The second-order valence-corrected chi connectivity index (χ2v) is 5.42. The second kappa shape index (κ2) is 5.39. The van der Waals surface area contributed by atoms with Crippen LogP contribution < -0.4 is 0 Å². The highest BCUT2D eigenvalue weighted by Crippen LogP contribution is 2.27. The van der Waals surface area contributed by atoms with Crippen LogP contribution in [0.1, 0.15) is 17.5 Å². The summed E-state index contributed by atoms with van der Waals surface area (Å²) in [6, 6.07) is 7.93. The van der Waals surface area contributed by atoms with Crippen molar-refractivity contribution in [1.82, 2.24) is 0 Å². The molecule has 0 amide bonds. The van der Waals surface area contributed by atoms with Gasteiger partial charge in [0.15, 0.2) is 0 Å². The maximum atomic E-state index is 10.8. The highest BCUT2D eigenvalue weighted by atomic mass is 32.2. The van der Waals surface area contributed by atoms with Gasteiger partial charge in [-0.25, -0.2) is 0 Å². The summed E-state index contributed by atoms with van der Waals surface area (Å²) >= 11 is 2.00. The highest BCUT2D eigenvalue weighted by Gasteiger charge is 2.17. The fourth-order valence-electron chi connectivity index (χ4n) is 2.15. The van der Waals surface area contributed by atoms with E-state index in [0.717, 1.165) is 17.9 Å². The van der Waals surface area contributed by atoms with Crippen LogP contribution in [0.3, 0.4) is 0 Å². The van der Waals surface area contributed by atoms with Crippen molar-refractivity contribution in [2.75, 3.05) is 11.5 Å². The molecule has 1 aliphatic heterocycles. The fraction of sp³-hybridized carbons (Fsp3) is 0.462. The molecule has 3 heteroatoms. The Kier molecular flexibility index (Phi) is 3.88. The maximum Gasteiger partial charge on any atom is 0.307 e. The molecule has 2 nitrogen and oxygen atoms in total. The average molecular weight is 236 g/mol. The van der Waals surface area contributed by atoms with Crippen molar-refractivity contribution in [1.29, 1.82) is 0 Å². The summed E-state index contributed by atoms with van der Waals surface area (Å²) in [7, 11) is 0. The normalized spacial score (nSPS) is 19.9. The minimum absolute atomic E-state index is 0.149. The quantitative estimate of drug-likeness (QED) is 0.873. The van der Waals surface area contributed by atoms with Crippen LogP contribution in [0.15, 0.2) is 24.3 Å². The third kappa shape index (κ3) is 3.01. The molecule has 0 spiro atoms. The van der Waals surface area contributed by atoms with E-state index in [4.69, 9.17) is 5.11 Å². The standard InChI is InChI=1S/C13H16O2S/c14-13(15)8-12-4-2-1-3-11(12)7-10-5-6-16-9-10/h1-4,10H,5-9H2,(H,14,15). The number of aliphatic carboxylic acids is 1. The third-order valence-corrected chi connectivity index (χ3v) is 4.22. The van der Waals surface area contributed by atoms with Crippen molar-refractivity contribution in [3.63, 3.8) is 0 Å². The third-order valence-electron chi connectivity index (χ3n) is 2.99. The van der Waals surface area contributed by atoms with Crippen molar-refractivity contribution in [3.05, 3.63) is 35.4 Å². The van der Waals surface area contributed by atoms with Gasteiger partial charge < -0.3 is 5.11 Å². The molecule has 0 aromatic heterocycles. The van der Waals surface area contributed by atoms with Gasteiger partial charge in [-0.3, -0.25) is 4.79 Å². The Balaban J connectivity index is 2.09. The first kappa shape index (κ1) is 11.5. The second-order valence-electron chi connectivity index (χ2n) is 4.27. The van der Waals surface area contributed by atoms with Crippen LogP contribution in [0, 0.1) is 5.92 Å². The van der Waals surface area contributed by atoms with Crippen molar-refractivity contribution in [2.24, 2.45) is 5.92 Å². The maximum absolute atomic E-state index is 10.8. The van der Waals surface area contributed by atoms with Crippen LogP contribution in [0.4, 0.5) is 0 Å². The SMILES string of the molecule is O=C(O)Cc1ccccc1CC1CCSC1. The Morgan fingerprint density at radius 1 is 1.38 bits per heavy atom. The molecule has 1 aliphatic rings. The smallest absolute Gasteiger partial charge is 0.307 e. The molecule has 86 valence electrons. The van der Waals surface area contributed by atoms with E-state index < -0.39 is 5.97 Å². The highest BCUT2D eigenvalue weighted by molar-refractivity contribution is 7.99. The monoisotopic (exact) mass is 236 g/mol. The lowest BCUT2D eigenvalue weighted by Crippen LogP contribution is -2.08. The number of carbonyl (C=O) groups is 1. The van der Waals surface area contributed by atoms with Crippen LogP contribution in [-0.4, -0.2) is 22.6 Å². The van der Waals surface area contributed by atoms with Gasteiger partial charge in [-0.2, -0.15) is 11.8 Å². The first-order chi connectivity index (χ1) is 7.75. The molecule has 0 radical (unpaired) electrons. The molecular formula is C13H16O2S. The zero-order valence-electron chi connectivity index (χ0n) is 9.19. The summed E-state index contributed by atoms with van der Waals surface area (Å²) < 4.78 is 0. The van der Waals surface area contributed by atoms with E-state index in [1.807, 2.05) is 30.0 Å². The van der Waals surface area contributed by atoms with E-state index in [-0.39, 0.29) is 6.42 Å². The number of rotatable bonds is 4. The van der Waals surface area contributed by atoms with Gasteiger partial charge in [-0.1, -0.05) is 24.3 Å². The lowest BCUT2D eigenvalue weighted by atomic mass is 9.94. The van der Waals surface area contributed by atoms with Gasteiger partial charge in [-0.05, 0) is 41.4 Å². The van der Waals surface area contributed by atoms with E-state index in [2.05, 4.69) is 6.07 Å². The van der Waals surface area contributed by atoms with Gasteiger partial charge in [0.05, 0.1) is 6.42 Å². The average Bonchev–Trinajstić information content (AvgIpc) is 2.73. The number of thioether (sulfide) groups is 1. The first-order valence-electron chi connectivity index (χ1n) is 5.62. The number of hydrogen-bond donors (Lipinski definition) is 1. The van der Waals surface area contributed by atoms with Crippen molar-refractivity contribution in [3.8, 4) is 0 Å². The summed E-state index contributed by atoms with van der Waals surface area (Å²) in [6.45, 7) is 0. The molecule has 1 saturated heterocycles. The molecular weight excluding hydrogens is 220 g/mol. The van der Waals surface area contributed by atoms with E-state index in [9.17, 15) is 4.79 Å². The molecule has 0 saturated carbocycles. The Bertz CT molecular complexity index is 370. The molecule has 1 atom stereocenters. The van der Waals surface area contributed by atoms with Crippen LogP contribution in [0.5, 0.6) is 0 Å². The van der Waals surface area contributed by atoms with Crippen molar-refractivity contribution >= 4 is 17.7 Å². The predicted octanol–water partition coefficient (Wildman–Crippen LogP) is 2.61. The van der Waals surface area contributed by atoms with Crippen LogP contribution in [0.25, 0.3) is 0 Å². The summed E-state index contributed by atoms with van der Waals surface area (Å²) in [6.07, 6.45) is 2.46. The van der Waals surface area contributed by atoms with E-state index >= 15 is 0 Å². The van der Waals surface area contributed by atoms with Gasteiger partial charge in [-0.15, -0.1) is 0 Å². The molecule has 1 aromatic carbocycles. The van der Waals surface area contributed by atoms with Crippen molar-refractivity contribution < 1.29 is 9.90 Å². The van der Waals surface area contributed by atoms with Crippen LogP contribution in [0.2, 0.25) is 0 Å². The lowest BCUT2D eigenvalue weighted by Gasteiger charge is -2.11. The molecule has 1 aromatic rings. The molecule has 16 heavy (non-hydrogen) atoms. The molecule has 0 bridgehead atoms. The Hall–Kier alpha value is -0.960. The van der Waals surface area contributed by atoms with Gasteiger partial charge in [0.2, 0.25) is 0 Å². The summed E-state index contributed by atoms with van der Waals surface area (Å²) in [4.78, 5) is 10.8. The Morgan fingerprint density at radius 2 is 2.12 bits per heavy atom. The van der Waals surface area contributed by atoms with Crippen LogP contribution in [-0.2, 0) is 17.6 Å². The summed E-state index contributed by atoms with van der Waals surface area (Å²) in [5.74, 6) is 2.47. The molecule has 2 rings (SSSR count). The molecule has 0 aliphatic carbocycles. The zero-order chi connectivity index (χ0) is 11.4. The van der Waals surface area contributed by atoms with Crippen molar-refractivity contribution in [2.45, 2.75) is 19.3 Å². The van der Waals surface area contributed by atoms with Gasteiger partial charge >= 0.3 is 5.97 Å². The lowest BCUT2D eigenvalue weighted by molar-refractivity contribution is -0.136. The topological polar surface area (TPSA) is 37.3 Å². The number of benzene rings is 1. The largest absolute Gasteiger partial charge is 0.481 e. The Morgan fingerprint density at radius 3 is 2.75 bits per heavy atom. The van der Waals surface area contributed by atoms with Crippen LogP contribution >= 0.6 is 11.8 Å². The number of hydrogen-bond acceptors (Lipinski definition) is 2. The Labute approximate surface area is 100 Å². The van der Waals surface area contributed by atoms with E-state index in [1.165, 1.54) is 23.5 Å². The zero-order valence-corrected chi connectivity index (χ0v) is 10.0. The summed E-state index contributed by atoms with van der Waals surface area (Å²) in [5.41, 5.74) is 2.20. The molecule has 1 unspecified atom stereocenters. The van der Waals surface area contributed by atoms with E-state index in [0.29, 0.717) is 0 Å². The minimum atomic E-state index is -0.742. The first-order valence-corrected chi connectivity index (χ1v) is 6.77. The van der Waals surface area contributed by atoms with Gasteiger partial charge in [0.25, 0.3) is 0 Å². The number of carboxylic acid groups (broad SMARTS) is 1. The van der Waals surface area contributed by atoms with Gasteiger partial charge in [0.1, 0.15) is 0 Å². The molecule has 1 heterocycles. The molecule has 1 N–H and O–H groups in total. The number of carboxylic acids is 1. The predicted molar refractivity (Wildman–Crippen MR) is 66.9 cm³/mol. The van der Waals surface area contributed by atoms with Gasteiger partial charge in [0, 0.05) is 0 Å². The summed E-state index contributed by atoms with van der Waals surface area (Å²) in [5, 5.41) is 8.85. The minimum Gasteiger partial charge on any atom is -0.481 e. The van der Waals surface area contributed by atoms with E-state index in [1.54, 1.807) is 0 Å². The molecule has 1 fully saturated rings. The fourth-order valence-corrected chi connectivity index (χ4v) is 3.43.